The summed E-state index contributed by atoms with van der Waals surface area (Å²) in [5.74, 6) is 1.39. The molecule has 0 heterocycles. The van der Waals surface area contributed by atoms with E-state index in [9.17, 15) is 20.1 Å². The van der Waals surface area contributed by atoms with E-state index in [1.54, 1.807) is 25.1 Å². The van der Waals surface area contributed by atoms with Gasteiger partial charge < -0.3 is 20.2 Å². The molecule has 2 fully saturated rings. The van der Waals surface area contributed by atoms with Crippen LogP contribution < -0.4 is 0 Å². The first-order chi connectivity index (χ1) is 13.8. The van der Waals surface area contributed by atoms with Gasteiger partial charge in [0.05, 0.1) is 18.0 Å². The van der Waals surface area contributed by atoms with Crippen molar-refractivity contribution in [1.29, 1.82) is 0 Å². The quantitative estimate of drug-likeness (QED) is 0.308. The molecule has 0 aromatic heterocycles. The van der Waals surface area contributed by atoms with Gasteiger partial charge in [-0.15, -0.1) is 0 Å². The van der Waals surface area contributed by atoms with Crippen LogP contribution in [0.1, 0.15) is 70.6 Å². The third-order valence-corrected chi connectivity index (χ3v) is 7.32. The normalized spacial score (nSPS) is 31.0. The van der Waals surface area contributed by atoms with E-state index in [1.165, 1.54) is 18.4 Å². The molecule has 5 atom stereocenters. The van der Waals surface area contributed by atoms with Crippen molar-refractivity contribution < 1.29 is 20.1 Å². The second-order valence-corrected chi connectivity index (χ2v) is 9.74. The highest BCUT2D eigenvalue weighted by atomic mass is 16.3. The van der Waals surface area contributed by atoms with Crippen LogP contribution in [0.15, 0.2) is 23.5 Å². The van der Waals surface area contributed by atoms with Crippen molar-refractivity contribution >= 4 is 5.91 Å². The Morgan fingerprint density at radius 3 is 2.69 bits per heavy atom. The molecule has 5 nitrogen and oxygen atoms in total. The number of nitrogens with zero attached hydrogens (tertiary/aromatic N) is 1. The lowest BCUT2D eigenvalue weighted by atomic mass is 9.84. The molecule has 0 aromatic carbocycles. The molecule has 1 amide bonds. The van der Waals surface area contributed by atoms with E-state index in [4.69, 9.17) is 0 Å². The smallest absolute Gasteiger partial charge is 0.222 e. The van der Waals surface area contributed by atoms with Crippen molar-refractivity contribution in [3.8, 4) is 0 Å². The molecule has 0 spiro atoms. The van der Waals surface area contributed by atoms with Crippen LogP contribution in [0.25, 0.3) is 0 Å². The van der Waals surface area contributed by atoms with Gasteiger partial charge in [-0.2, -0.15) is 0 Å². The second-order valence-electron chi connectivity index (χ2n) is 9.74. The number of hydrogen-bond acceptors (Lipinski definition) is 4. The van der Waals surface area contributed by atoms with Crippen molar-refractivity contribution in [2.45, 2.75) is 82.8 Å². The number of carbonyl (C=O) groups excluding carboxylic acids is 1. The maximum absolute atomic E-state index is 11.7. The van der Waals surface area contributed by atoms with E-state index >= 15 is 0 Å². The summed E-state index contributed by atoms with van der Waals surface area (Å²) in [4.78, 5) is 13.3. The zero-order chi connectivity index (χ0) is 21.0. The number of aliphatic hydroxyl groups excluding tert-OH is 3. The van der Waals surface area contributed by atoms with Crippen LogP contribution in [0.5, 0.6) is 0 Å². The van der Waals surface area contributed by atoms with Gasteiger partial charge in [-0.1, -0.05) is 37.3 Å². The van der Waals surface area contributed by atoms with Gasteiger partial charge in [0, 0.05) is 32.9 Å². The molecular weight excluding hydrogens is 366 g/mol. The van der Waals surface area contributed by atoms with E-state index in [-0.39, 0.29) is 23.5 Å². The minimum Gasteiger partial charge on any atom is -0.513 e. The molecule has 3 rings (SSSR count). The number of hydrogen-bond donors (Lipinski definition) is 3. The van der Waals surface area contributed by atoms with Gasteiger partial charge in [0.15, 0.2) is 0 Å². The molecule has 0 radical (unpaired) electrons. The van der Waals surface area contributed by atoms with Crippen molar-refractivity contribution in [1.82, 2.24) is 4.90 Å². The minimum absolute atomic E-state index is 0.178. The highest BCUT2D eigenvalue weighted by Crippen LogP contribution is 2.49. The highest BCUT2D eigenvalue weighted by molar-refractivity contribution is 5.75. The molecule has 0 saturated heterocycles. The number of rotatable bonds is 9. The van der Waals surface area contributed by atoms with E-state index in [2.05, 4.69) is 6.08 Å². The van der Waals surface area contributed by atoms with Crippen LogP contribution in [-0.4, -0.2) is 52.4 Å². The third-order valence-electron chi connectivity index (χ3n) is 7.32. The maximum Gasteiger partial charge on any atom is 0.222 e. The standard InChI is InChI=1S/C24H39NO4/c1-25(2)23(29)10-6-5-9-17-11-18-14-21(27)24(20(18)13-17)22(28)15-19(26)12-16-7-3-4-8-16/h11,15-16,18,20-22,24,26-28H,3-10,12-14H2,1-2H3/t18-,20+,21-,22?,24-/m1/s1. The zero-order valence-electron chi connectivity index (χ0n) is 18.1. The summed E-state index contributed by atoms with van der Waals surface area (Å²) in [5.41, 5.74) is 1.40. The van der Waals surface area contributed by atoms with Gasteiger partial charge in [0.1, 0.15) is 0 Å². The third kappa shape index (κ3) is 5.85. The van der Waals surface area contributed by atoms with E-state index in [1.807, 2.05) is 0 Å². The Balaban J connectivity index is 1.48. The lowest BCUT2D eigenvalue weighted by molar-refractivity contribution is -0.128. The Labute approximate surface area is 175 Å². The van der Waals surface area contributed by atoms with Gasteiger partial charge in [-0.3, -0.25) is 4.79 Å². The topological polar surface area (TPSA) is 81.0 Å². The summed E-state index contributed by atoms with van der Waals surface area (Å²) >= 11 is 0. The van der Waals surface area contributed by atoms with Gasteiger partial charge >= 0.3 is 0 Å². The van der Waals surface area contributed by atoms with E-state index in [0.29, 0.717) is 31.1 Å². The second kappa shape index (κ2) is 10.1. The van der Waals surface area contributed by atoms with E-state index < -0.39 is 12.2 Å². The van der Waals surface area contributed by atoms with Gasteiger partial charge in [0.25, 0.3) is 0 Å². The minimum atomic E-state index is -0.785. The summed E-state index contributed by atoms with van der Waals surface area (Å²) in [6, 6.07) is 0. The molecule has 0 bridgehead atoms. The largest absolute Gasteiger partial charge is 0.513 e. The Morgan fingerprint density at radius 1 is 1.28 bits per heavy atom. The number of amides is 1. The first-order valence-corrected chi connectivity index (χ1v) is 11.5. The summed E-state index contributed by atoms with van der Waals surface area (Å²) in [6.45, 7) is 0. The van der Waals surface area contributed by atoms with Crippen LogP contribution in [0.3, 0.4) is 0 Å². The Hall–Kier alpha value is -1.33. The molecule has 3 aliphatic rings. The number of unbranched alkanes of at least 4 members (excludes halogenated alkanes) is 1. The van der Waals surface area contributed by atoms with Crippen molar-refractivity contribution in [3.63, 3.8) is 0 Å². The average Bonchev–Trinajstić information content (AvgIpc) is 3.34. The van der Waals surface area contributed by atoms with Crippen LogP contribution in [0.4, 0.5) is 0 Å². The van der Waals surface area contributed by atoms with Crippen LogP contribution in [0, 0.1) is 23.7 Å². The number of carbonyl (C=O) groups is 1. The monoisotopic (exact) mass is 405 g/mol. The SMILES string of the molecule is CN(C)C(=O)CCCCC1=C[C@@H]2C[C@@H](O)[C@H](C(O)C=C(O)CC3CCCC3)[C@H]2C1. The molecule has 164 valence electrons. The molecule has 2 saturated carbocycles. The fourth-order valence-corrected chi connectivity index (χ4v) is 5.74. The van der Waals surface area contributed by atoms with Gasteiger partial charge in [-0.25, -0.2) is 0 Å². The number of aliphatic hydroxyl groups is 3. The summed E-state index contributed by atoms with van der Waals surface area (Å²) in [5, 5.41) is 31.6. The highest BCUT2D eigenvalue weighted by Gasteiger charge is 2.47. The average molecular weight is 406 g/mol. The first kappa shape index (κ1) is 22.4. The molecule has 29 heavy (non-hydrogen) atoms. The number of allylic oxidation sites excluding steroid dienone is 3. The number of fused-ring (bicyclic) bond motifs is 1. The Bertz CT molecular complexity index is 620. The van der Waals surface area contributed by atoms with Crippen LogP contribution >= 0.6 is 0 Å². The predicted octanol–water partition coefficient (Wildman–Crippen LogP) is 3.96. The van der Waals surface area contributed by atoms with Crippen molar-refractivity contribution in [2.75, 3.05) is 14.1 Å². The molecule has 0 aliphatic heterocycles. The Morgan fingerprint density at radius 2 is 2.00 bits per heavy atom. The molecule has 3 aliphatic carbocycles. The van der Waals surface area contributed by atoms with Gasteiger partial charge in [-0.05, 0) is 55.9 Å². The lowest BCUT2D eigenvalue weighted by Crippen LogP contribution is -2.31. The summed E-state index contributed by atoms with van der Waals surface area (Å²) < 4.78 is 0. The first-order valence-electron chi connectivity index (χ1n) is 11.5. The van der Waals surface area contributed by atoms with Gasteiger partial charge in [0.2, 0.25) is 5.91 Å². The summed E-state index contributed by atoms with van der Waals surface area (Å²) in [7, 11) is 3.58. The zero-order valence-corrected chi connectivity index (χ0v) is 18.1. The van der Waals surface area contributed by atoms with Crippen LogP contribution in [0.2, 0.25) is 0 Å². The van der Waals surface area contributed by atoms with Crippen LogP contribution in [-0.2, 0) is 4.79 Å². The molecule has 3 N–H and O–H groups in total. The molecule has 1 unspecified atom stereocenters. The summed E-state index contributed by atoms with van der Waals surface area (Å²) in [6.07, 6.45) is 13.2. The predicted molar refractivity (Wildman–Crippen MR) is 114 cm³/mol. The fourth-order valence-electron chi connectivity index (χ4n) is 5.74. The fraction of sp³-hybridized carbons (Fsp3) is 0.792. The van der Waals surface area contributed by atoms with Crippen molar-refractivity contribution in [2.24, 2.45) is 23.7 Å². The van der Waals surface area contributed by atoms with E-state index in [0.717, 1.165) is 38.5 Å². The molecule has 0 aromatic rings. The molecular formula is C24H39NO4. The Kier molecular flexibility index (Phi) is 7.80. The molecule has 5 heteroatoms. The van der Waals surface area contributed by atoms with Crippen molar-refractivity contribution in [3.05, 3.63) is 23.5 Å². The lowest BCUT2D eigenvalue weighted by Gasteiger charge is -2.25. The maximum atomic E-state index is 11.7.